The topological polar surface area (TPSA) is 93.2 Å². The number of ether oxygens (including phenoxy) is 2. The maximum Gasteiger partial charge on any atom is 0.338 e. The van der Waals surface area contributed by atoms with Crippen LogP contribution < -0.4 is 0 Å². The zero-order valence-corrected chi connectivity index (χ0v) is 16.7. The van der Waals surface area contributed by atoms with Crippen molar-refractivity contribution in [3.8, 4) is 0 Å². The van der Waals surface area contributed by atoms with Crippen LogP contribution in [0.1, 0.15) is 31.1 Å². The number of carbonyl (C=O) groups is 2. The average molecular weight is 398 g/mol. The van der Waals surface area contributed by atoms with Gasteiger partial charge in [0.25, 0.3) is 5.91 Å². The van der Waals surface area contributed by atoms with Crippen LogP contribution in [0.25, 0.3) is 0 Å². The third-order valence-corrected chi connectivity index (χ3v) is 6.45. The number of morpholine rings is 1. The van der Waals surface area contributed by atoms with Gasteiger partial charge in [-0.1, -0.05) is 13.8 Å². The lowest BCUT2D eigenvalue weighted by Gasteiger charge is -2.28. The van der Waals surface area contributed by atoms with Gasteiger partial charge in [0.15, 0.2) is 6.10 Å². The molecule has 1 fully saturated rings. The van der Waals surface area contributed by atoms with Crippen LogP contribution in [0.3, 0.4) is 0 Å². The van der Waals surface area contributed by atoms with Gasteiger partial charge in [-0.2, -0.15) is 4.31 Å². The monoisotopic (exact) mass is 398 g/mol. The average Bonchev–Trinajstić information content (AvgIpc) is 2.68. The van der Waals surface area contributed by atoms with Crippen LogP contribution in [0.15, 0.2) is 29.2 Å². The molecule has 1 heterocycles. The fraction of sp³-hybridized carbons (Fsp3) is 0.556. The highest BCUT2D eigenvalue weighted by molar-refractivity contribution is 7.89. The molecule has 1 aliphatic rings. The van der Waals surface area contributed by atoms with Gasteiger partial charge in [0, 0.05) is 26.2 Å². The maximum atomic E-state index is 12.5. The molecule has 1 aliphatic heterocycles. The Bertz CT molecular complexity index is 753. The van der Waals surface area contributed by atoms with Crippen LogP contribution >= 0.6 is 0 Å². The van der Waals surface area contributed by atoms with Crippen molar-refractivity contribution in [2.75, 3.05) is 39.4 Å². The first-order valence-electron chi connectivity index (χ1n) is 8.99. The Morgan fingerprint density at radius 1 is 1.15 bits per heavy atom. The number of hydrogen-bond acceptors (Lipinski definition) is 6. The summed E-state index contributed by atoms with van der Waals surface area (Å²) >= 11 is 0. The zero-order valence-electron chi connectivity index (χ0n) is 15.9. The molecule has 2 rings (SSSR count). The number of esters is 1. The Hall–Kier alpha value is -1.97. The van der Waals surface area contributed by atoms with E-state index >= 15 is 0 Å². The van der Waals surface area contributed by atoms with Crippen molar-refractivity contribution in [2.45, 2.75) is 31.8 Å². The minimum Gasteiger partial charge on any atom is -0.449 e. The molecule has 0 bridgehead atoms. The van der Waals surface area contributed by atoms with E-state index in [0.29, 0.717) is 39.4 Å². The van der Waals surface area contributed by atoms with Crippen molar-refractivity contribution < 1.29 is 27.5 Å². The Morgan fingerprint density at radius 3 is 2.22 bits per heavy atom. The molecule has 0 aromatic heterocycles. The number of carbonyl (C=O) groups excluding carboxylic acids is 2. The number of sulfonamides is 1. The molecule has 0 spiro atoms. The quantitative estimate of drug-likeness (QED) is 0.639. The van der Waals surface area contributed by atoms with Crippen molar-refractivity contribution in [3.63, 3.8) is 0 Å². The summed E-state index contributed by atoms with van der Waals surface area (Å²) in [5.74, 6) is -0.941. The van der Waals surface area contributed by atoms with Gasteiger partial charge in [-0.25, -0.2) is 13.2 Å². The van der Waals surface area contributed by atoms with E-state index in [-0.39, 0.29) is 16.4 Å². The molecule has 0 N–H and O–H groups in total. The summed E-state index contributed by atoms with van der Waals surface area (Å²) < 4.78 is 36.7. The Kier molecular flexibility index (Phi) is 7.34. The molecule has 0 saturated carbocycles. The smallest absolute Gasteiger partial charge is 0.338 e. The van der Waals surface area contributed by atoms with E-state index in [2.05, 4.69) is 0 Å². The zero-order chi connectivity index (χ0) is 20.0. The van der Waals surface area contributed by atoms with E-state index in [1.165, 1.54) is 35.5 Å². The largest absolute Gasteiger partial charge is 0.449 e. The summed E-state index contributed by atoms with van der Waals surface area (Å²) in [6.45, 7) is 7.66. The molecule has 8 nitrogen and oxygen atoms in total. The number of rotatable bonds is 7. The number of hydrogen-bond donors (Lipinski definition) is 0. The minimum atomic E-state index is -3.59. The highest BCUT2D eigenvalue weighted by atomic mass is 32.2. The SMILES string of the molecule is CCN(CC)S(=O)(=O)c1ccc(C(=O)OC(C)C(=O)N2CCOCC2)cc1. The van der Waals surface area contributed by atoms with Gasteiger partial charge in [-0.05, 0) is 31.2 Å². The molecule has 1 aromatic rings. The van der Waals surface area contributed by atoms with Crippen LogP contribution in [0.5, 0.6) is 0 Å². The van der Waals surface area contributed by atoms with Gasteiger partial charge in [0.2, 0.25) is 10.0 Å². The molecule has 9 heteroatoms. The lowest BCUT2D eigenvalue weighted by molar-refractivity contribution is -0.143. The van der Waals surface area contributed by atoms with Crippen molar-refractivity contribution >= 4 is 21.9 Å². The van der Waals surface area contributed by atoms with E-state index < -0.39 is 22.1 Å². The molecule has 1 amide bonds. The normalized spacial score (nSPS) is 16.2. The van der Waals surface area contributed by atoms with Crippen LogP contribution in [0, 0.1) is 0 Å². The molecule has 1 saturated heterocycles. The fourth-order valence-electron chi connectivity index (χ4n) is 2.80. The number of nitrogens with zero attached hydrogens (tertiary/aromatic N) is 2. The number of amides is 1. The molecule has 150 valence electrons. The molecule has 0 aliphatic carbocycles. The highest BCUT2D eigenvalue weighted by Crippen LogP contribution is 2.17. The first-order valence-corrected chi connectivity index (χ1v) is 10.4. The van der Waals surface area contributed by atoms with E-state index in [0.717, 1.165) is 0 Å². The molecule has 0 radical (unpaired) electrons. The molecule has 27 heavy (non-hydrogen) atoms. The van der Waals surface area contributed by atoms with Gasteiger partial charge in [-0.15, -0.1) is 0 Å². The molecular formula is C18H26N2O6S. The van der Waals surface area contributed by atoms with Crippen molar-refractivity contribution in [1.82, 2.24) is 9.21 Å². The minimum absolute atomic E-state index is 0.111. The van der Waals surface area contributed by atoms with Crippen molar-refractivity contribution in [3.05, 3.63) is 29.8 Å². The van der Waals surface area contributed by atoms with E-state index in [1.54, 1.807) is 18.7 Å². The number of benzene rings is 1. The van der Waals surface area contributed by atoms with Crippen LogP contribution in [-0.2, 0) is 24.3 Å². The van der Waals surface area contributed by atoms with Gasteiger partial charge in [-0.3, -0.25) is 4.79 Å². The molecule has 1 atom stereocenters. The second-order valence-electron chi connectivity index (χ2n) is 6.10. The van der Waals surface area contributed by atoms with Gasteiger partial charge >= 0.3 is 5.97 Å². The van der Waals surface area contributed by atoms with E-state index in [4.69, 9.17) is 9.47 Å². The summed E-state index contributed by atoms with van der Waals surface area (Å²) in [6, 6.07) is 5.53. The van der Waals surface area contributed by atoms with Crippen LogP contribution in [0.2, 0.25) is 0 Å². The molecular weight excluding hydrogens is 372 g/mol. The molecule has 1 unspecified atom stereocenters. The second kappa shape index (κ2) is 9.29. The maximum absolute atomic E-state index is 12.5. The first kappa shape index (κ1) is 21.3. The Labute approximate surface area is 160 Å². The van der Waals surface area contributed by atoms with Gasteiger partial charge < -0.3 is 14.4 Å². The lowest BCUT2D eigenvalue weighted by atomic mass is 10.2. The predicted octanol–water partition coefficient (Wildman–Crippen LogP) is 1.12. The van der Waals surface area contributed by atoms with Crippen LogP contribution in [0.4, 0.5) is 0 Å². The fourth-order valence-corrected chi connectivity index (χ4v) is 4.25. The summed E-state index contributed by atoms with van der Waals surface area (Å²) in [7, 11) is -3.59. The second-order valence-corrected chi connectivity index (χ2v) is 8.04. The third-order valence-electron chi connectivity index (χ3n) is 4.39. The third kappa shape index (κ3) is 5.06. The Morgan fingerprint density at radius 2 is 1.70 bits per heavy atom. The lowest BCUT2D eigenvalue weighted by Crippen LogP contribution is -2.46. The van der Waals surface area contributed by atoms with Gasteiger partial charge in [0.05, 0.1) is 23.7 Å². The van der Waals surface area contributed by atoms with Crippen molar-refractivity contribution in [2.24, 2.45) is 0 Å². The van der Waals surface area contributed by atoms with Gasteiger partial charge in [0.1, 0.15) is 0 Å². The van der Waals surface area contributed by atoms with E-state index in [1.807, 2.05) is 0 Å². The summed E-state index contributed by atoms with van der Waals surface area (Å²) in [5, 5.41) is 0. The standard InChI is InChI=1S/C18H26N2O6S/c1-4-20(5-2)27(23,24)16-8-6-15(7-9-16)18(22)26-14(3)17(21)19-10-12-25-13-11-19/h6-9,14H,4-5,10-13H2,1-3H3. The first-order chi connectivity index (χ1) is 12.8. The van der Waals surface area contributed by atoms with Crippen molar-refractivity contribution in [1.29, 1.82) is 0 Å². The highest BCUT2D eigenvalue weighted by Gasteiger charge is 2.26. The van der Waals surface area contributed by atoms with Crippen LogP contribution in [-0.4, -0.2) is 75.0 Å². The summed E-state index contributed by atoms with van der Waals surface area (Å²) in [5.41, 5.74) is 0.190. The summed E-state index contributed by atoms with van der Waals surface area (Å²) in [6.07, 6.45) is -0.922. The van der Waals surface area contributed by atoms with E-state index in [9.17, 15) is 18.0 Å². The molecule has 1 aromatic carbocycles. The Balaban J connectivity index is 2.03. The predicted molar refractivity (Wildman–Crippen MR) is 98.8 cm³/mol. The summed E-state index contributed by atoms with van der Waals surface area (Å²) in [4.78, 5) is 26.3.